The van der Waals surface area contributed by atoms with E-state index < -0.39 is 0 Å². The highest BCUT2D eigenvalue weighted by atomic mass is 79.9. The molecule has 1 aromatic rings. The zero-order valence-corrected chi connectivity index (χ0v) is 12.3. The lowest BCUT2D eigenvalue weighted by Gasteiger charge is -2.20. The number of carbonyl (C=O) groups excluding carboxylic acids is 1. The maximum Gasteiger partial charge on any atom is 0.238 e. The Balaban J connectivity index is 2.59. The van der Waals surface area contributed by atoms with Crippen LogP contribution in [0.15, 0.2) is 22.7 Å². The summed E-state index contributed by atoms with van der Waals surface area (Å²) in [4.78, 5) is 13.8. The smallest absolute Gasteiger partial charge is 0.238 e. The van der Waals surface area contributed by atoms with Crippen molar-refractivity contribution in [2.24, 2.45) is 0 Å². The normalized spacial score (nSPS) is 11.0. The van der Waals surface area contributed by atoms with Crippen LogP contribution in [0.5, 0.6) is 0 Å². The third kappa shape index (κ3) is 4.48. The number of benzene rings is 1. The van der Waals surface area contributed by atoms with Gasteiger partial charge in [-0.25, -0.2) is 0 Å². The number of rotatable bonds is 4. The van der Waals surface area contributed by atoms with E-state index in [0.29, 0.717) is 12.6 Å². The van der Waals surface area contributed by atoms with Crippen LogP contribution in [0, 0.1) is 6.92 Å². The summed E-state index contributed by atoms with van der Waals surface area (Å²) >= 11 is 3.43. The molecule has 17 heavy (non-hydrogen) atoms. The van der Waals surface area contributed by atoms with Crippen LogP contribution in [0.3, 0.4) is 0 Å². The molecule has 3 nitrogen and oxygen atoms in total. The molecule has 0 saturated carbocycles. The molecule has 0 aliphatic carbocycles. The van der Waals surface area contributed by atoms with Gasteiger partial charge in [-0.05, 0) is 51.6 Å². The second-order valence-corrected chi connectivity index (χ2v) is 5.38. The lowest BCUT2D eigenvalue weighted by molar-refractivity contribution is -0.117. The van der Waals surface area contributed by atoms with Gasteiger partial charge in [-0.1, -0.05) is 15.9 Å². The van der Waals surface area contributed by atoms with Crippen LogP contribution in [-0.4, -0.2) is 30.4 Å². The van der Waals surface area contributed by atoms with Crippen LogP contribution in [0.1, 0.15) is 19.4 Å². The minimum atomic E-state index is 0.0166. The summed E-state index contributed by atoms with van der Waals surface area (Å²) in [7, 11) is 1.94. The number of halogens is 1. The summed E-state index contributed by atoms with van der Waals surface area (Å²) in [6, 6.07) is 6.16. The summed E-state index contributed by atoms with van der Waals surface area (Å²) in [5.74, 6) is 0.0166. The molecule has 0 bridgehead atoms. The number of anilines is 1. The van der Waals surface area contributed by atoms with Gasteiger partial charge in [0.05, 0.1) is 6.54 Å². The van der Waals surface area contributed by atoms with E-state index in [2.05, 4.69) is 35.1 Å². The van der Waals surface area contributed by atoms with Gasteiger partial charge in [-0.3, -0.25) is 9.69 Å². The average molecular weight is 299 g/mol. The fourth-order valence-corrected chi connectivity index (χ4v) is 1.58. The first kappa shape index (κ1) is 14.2. The number of aryl methyl sites for hydroxylation is 1. The Morgan fingerprint density at radius 1 is 1.47 bits per heavy atom. The van der Waals surface area contributed by atoms with E-state index >= 15 is 0 Å². The number of hydrogen-bond donors (Lipinski definition) is 1. The Bertz CT molecular complexity index is 404. The standard InChI is InChI=1S/C13H19BrN2O/c1-9(2)16(4)8-13(17)15-11-5-6-12(14)10(3)7-11/h5-7,9H,8H2,1-4H3,(H,15,17). The van der Waals surface area contributed by atoms with Crippen molar-refractivity contribution in [2.75, 3.05) is 18.9 Å². The van der Waals surface area contributed by atoms with Gasteiger partial charge in [0.25, 0.3) is 0 Å². The van der Waals surface area contributed by atoms with Crippen LogP contribution in [0.2, 0.25) is 0 Å². The molecule has 0 atom stereocenters. The molecule has 0 unspecified atom stereocenters. The van der Waals surface area contributed by atoms with Crippen LogP contribution < -0.4 is 5.32 Å². The molecule has 0 aliphatic heterocycles. The minimum Gasteiger partial charge on any atom is -0.325 e. The molecule has 1 rings (SSSR count). The second-order valence-electron chi connectivity index (χ2n) is 4.52. The van der Waals surface area contributed by atoms with Gasteiger partial charge in [0, 0.05) is 16.2 Å². The molecule has 4 heteroatoms. The van der Waals surface area contributed by atoms with E-state index in [0.717, 1.165) is 15.7 Å². The monoisotopic (exact) mass is 298 g/mol. The second kappa shape index (κ2) is 6.17. The summed E-state index contributed by atoms with van der Waals surface area (Å²) in [5.41, 5.74) is 1.95. The van der Waals surface area contributed by atoms with Crippen molar-refractivity contribution in [3.8, 4) is 0 Å². The van der Waals surface area contributed by atoms with Crippen molar-refractivity contribution in [1.29, 1.82) is 0 Å². The number of hydrogen-bond acceptors (Lipinski definition) is 2. The van der Waals surface area contributed by atoms with Gasteiger partial charge in [0.15, 0.2) is 0 Å². The molecule has 0 spiro atoms. The number of likely N-dealkylation sites (N-methyl/N-ethyl adjacent to an activating group) is 1. The van der Waals surface area contributed by atoms with Crippen LogP contribution in [-0.2, 0) is 4.79 Å². The molecule has 1 aromatic carbocycles. The molecular weight excluding hydrogens is 280 g/mol. The van der Waals surface area contributed by atoms with Crippen molar-refractivity contribution in [2.45, 2.75) is 26.8 Å². The maximum absolute atomic E-state index is 11.8. The molecule has 0 aliphatic rings. The SMILES string of the molecule is Cc1cc(NC(=O)CN(C)C(C)C)ccc1Br. The summed E-state index contributed by atoms with van der Waals surface area (Å²) in [6.07, 6.45) is 0. The zero-order chi connectivity index (χ0) is 13.0. The molecule has 0 fully saturated rings. The first-order valence-electron chi connectivity index (χ1n) is 5.66. The average Bonchev–Trinajstić information content (AvgIpc) is 2.23. The van der Waals surface area contributed by atoms with E-state index in [1.54, 1.807) is 0 Å². The van der Waals surface area contributed by atoms with Crippen molar-refractivity contribution < 1.29 is 4.79 Å². The van der Waals surface area contributed by atoms with Crippen LogP contribution in [0.4, 0.5) is 5.69 Å². The first-order valence-corrected chi connectivity index (χ1v) is 6.45. The van der Waals surface area contributed by atoms with Gasteiger partial charge < -0.3 is 5.32 Å². The molecule has 0 radical (unpaired) electrons. The number of nitrogens with one attached hydrogen (secondary N) is 1. The van der Waals surface area contributed by atoms with Gasteiger partial charge in [-0.2, -0.15) is 0 Å². The Labute approximate surface area is 111 Å². The zero-order valence-electron chi connectivity index (χ0n) is 10.7. The van der Waals surface area contributed by atoms with Gasteiger partial charge in [0.1, 0.15) is 0 Å². The van der Waals surface area contributed by atoms with E-state index in [1.165, 1.54) is 0 Å². The Morgan fingerprint density at radius 3 is 2.65 bits per heavy atom. The predicted octanol–water partition coefficient (Wildman–Crippen LogP) is 3.04. The third-order valence-corrected chi connectivity index (χ3v) is 3.61. The third-order valence-electron chi connectivity index (χ3n) is 2.72. The summed E-state index contributed by atoms with van der Waals surface area (Å²) in [6.45, 7) is 6.54. The highest BCUT2D eigenvalue weighted by Crippen LogP contribution is 2.19. The van der Waals surface area contributed by atoms with E-state index in [4.69, 9.17) is 0 Å². The highest BCUT2D eigenvalue weighted by Gasteiger charge is 2.09. The Hall–Kier alpha value is -0.870. The number of nitrogens with zero attached hydrogens (tertiary/aromatic N) is 1. The predicted molar refractivity (Wildman–Crippen MR) is 75.3 cm³/mol. The van der Waals surface area contributed by atoms with Crippen molar-refractivity contribution >= 4 is 27.5 Å². The Morgan fingerprint density at radius 2 is 2.12 bits per heavy atom. The summed E-state index contributed by atoms with van der Waals surface area (Å²) < 4.78 is 1.05. The lowest BCUT2D eigenvalue weighted by atomic mass is 10.2. The molecule has 0 heterocycles. The Kier molecular flexibility index (Phi) is 5.15. The van der Waals surface area contributed by atoms with Crippen molar-refractivity contribution in [3.05, 3.63) is 28.2 Å². The van der Waals surface area contributed by atoms with E-state index in [1.807, 2.05) is 37.1 Å². The molecule has 94 valence electrons. The summed E-state index contributed by atoms with van der Waals surface area (Å²) in [5, 5.41) is 2.89. The molecular formula is C13H19BrN2O. The van der Waals surface area contributed by atoms with Gasteiger partial charge in [0.2, 0.25) is 5.91 Å². The van der Waals surface area contributed by atoms with Crippen LogP contribution >= 0.6 is 15.9 Å². The van der Waals surface area contributed by atoms with Crippen molar-refractivity contribution in [1.82, 2.24) is 4.90 Å². The maximum atomic E-state index is 11.8. The van der Waals surface area contributed by atoms with Crippen molar-refractivity contribution in [3.63, 3.8) is 0 Å². The minimum absolute atomic E-state index is 0.0166. The first-order chi connectivity index (χ1) is 7.90. The van der Waals surface area contributed by atoms with E-state index in [-0.39, 0.29) is 5.91 Å². The fraction of sp³-hybridized carbons (Fsp3) is 0.462. The lowest BCUT2D eigenvalue weighted by Crippen LogP contribution is -2.34. The number of amides is 1. The highest BCUT2D eigenvalue weighted by molar-refractivity contribution is 9.10. The van der Waals surface area contributed by atoms with Gasteiger partial charge in [-0.15, -0.1) is 0 Å². The molecule has 0 saturated heterocycles. The molecule has 1 N–H and O–H groups in total. The topological polar surface area (TPSA) is 32.3 Å². The van der Waals surface area contributed by atoms with Crippen LogP contribution in [0.25, 0.3) is 0 Å². The molecule has 1 amide bonds. The fourth-order valence-electron chi connectivity index (χ4n) is 1.33. The quantitative estimate of drug-likeness (QED) is 0.927. The largest absolute Gasteiger partial charge is 0.325 e. The van der Waals surface area contributed by atoms with E-state index in [9.17, 15) is 4.79 Å². The molecule has 0 aromatic heterocycles. The number of carbonyl (C=O) groups is 1. The van der Waals surface area contributed by atoms with Gasteiger partial charge >= 0.3 is 0 Å².